The van der Waals surface area contributed by atoms with E-state index in [-0.39, 0.29) is 18.5 Å². The van der Waals surface area contributed by atoms with Crippen molar-refractivity contribution in [2.75, 3.05) is 0 Å². The van der Waals surface area contributed by atoms with Crippen LogP contribution in [0.3, 0.4) is 0 Å². The van der Waals surface area contributed by atoms with E-state index in [0.29, 0.717) is 27.2 Å². The molecular formula is C16H16BrClFNO. The summed E-state index contributed by atoms with van der Waals surface area (Å²) < 4.78 is 20.2. The SMILES string of the molecule is CC(N)Cc1cccc(Cl)c1OCc1ccc(Br)cc1F. The van der Waals surface area contributed by atoms with E-state index in [4.69, 9.17) is 22.1 Å². The number of hydrogen-bond donors (Lipinski definition) is 1. The first-order valence-electron chi connectivity index (χ1n) is 6.57. The largest absolute Gasteiger partial charge is 0.487 e. The fraction of sp³-hybridized carbons (Fsp3) is 0.250. The van der Waals surface area contributed by atoms with Crippen molar-refractivity contribution < 1.29 is 9.13 Å². The zero-order valence-corrected chi connectivity index (χ0v) is 13.9. The average Bonchev–Trinajstić information content (AvgIpc) is 2.39. The van der Waals surface area contributed by atoms with Crippen molar-refractivity contribution in [2.45, 2.75) is 26.0 Å². The number of ether oxygens (including phenoxy) is 1. The lowest BCUT2D eigenvalue weighted by Crippen LogP contribution is -2.18. The van der Waals surface area contributed by atoms with Crippen LogP contribution in [0.1, 0.15) is 18.1 Å². The van der Waals surface area contributed by atoms with E-state index in [2.05, 4.69) is 15.9 Å². The molecule has 2 nitrogen and oxygen atoms in total. The van der Waals surface area contributed by atoms with Gasteiger partial charge in [0.2, 0.25) is 0 Å². The minimum absolute atomic E-state index is 0.00441. The summed E-state index contributed by atoms with van der Waals surface area (Å²) >= 11 is 9.40. The van der Waals surface area contributed by atoms with Gasteiger partial charge in [0.05, 0.1) is 5.02 Å². The summed E-state index contributed by atoms with van der Waals surface area (Å²) in [5.41, 5.74) is 7.23. The fourth-order valence-corrected chi connectivity index (χ4v) is 2.59. The minimum atomic E-state index is -0.315. The van der Waals surface area contributed by atoms with E-state index in [1.165, 1.54) is 6.07 Å². The van der Waals surface area contributed by atoms with Crippen molar-refractivity contribution in [3.05, 3.63) is 62.8 Å². The van der Waals surface area contributed by atoms with E-state index in [0.717, 1.165) is 5.56 Å². The van der Waals surface area contributed by atoms with Crippen LogP contribution >= 0.6 is 27.5 Å². The Morgan fingerprint density at radius 2 is 2.05 bits per heavy atom. The van der Waals surface area contributed by atoms with Crippen LogP contribution in [-0.4, -0.2) is 6.04 Å². The molecule has 0 aromatic heterocycles. The van der Waals surface area contributed by atoms with Crippen molar-refractivity contribution in [1.29, 1.82) is 0 Å². The molecule has 0 amide bonds. The Bertz CT molecular complexity index is 634. The van der Waals surface area contributed by atoms with Gasteiger partial charge >= 0.3 is 0 Å². The normalized spacial score (nSPS) is 12.2. The average molecular weight is 373 g/mol. The van der Waals surface area contributed by atoms with Crippen LogP contribution in [-0.2, 0) is 13.0 Å². The van der Waals surface area contributed by atoms with Crippen molar-refractivity contribution >= 4 is 27.5 Å². The number of benzene rings is 2. The molecule has 0 radical (unpaired) electrons. The molecule has 112 valence electrons. The summed E-state index contributed by atoms with van der Waals surface area (Å²) in [6.07, 6.45) is 0.652. The van der Waals surface area contributed by atoms with Gasteiger partial charge in [-0.05, 0) is 37.1 Å². The second kappa shape index (κ2) is 7.25. The van der Waals surface area contributed by atoms with Crippen LogP contribution in [0.2, 0.25) is 5.02 Å². The van der Waals surface area contributed by atoms with E-state index < -0.39 is 0 Å². The Labute approximate surface area is 137 Å². The van der Waals surface area contributed by atoms with Crippen molar-refractivity contribution in [3.63, 3.8) is 0 Å². The third kappa shape index (κ3) is 4.43. The van der Waals surface area contributed by atoms with Crippen molar-refractivity contribution in [1.82, 2.24) is 0 Å². The standard InChI is InChI=1S/C16H16BrClFNO/c1-10(20)7-11-3-2-4-14(18)16(11)21-9-12-5-6-13(17)8-15(12)19/h2-6,8,10H,7,9,20H2,1H3. The third-order valence-corrected chi connectivity index (χ3v) is 3.77. The first-order chi connectivity index (χ1) is 9.97. The first-order valence-corrected chi connectivity index (χ1v) is 7.74. The molecular weight excluding hydrogens is 357 g/mol. The molecule has 0 spiro atoms. The van der Waals surface area contributed by atoms with Gasteiger partial charge in [0.15, 0.2) is 0 Å². The van der Waals surface area contributed by atoms with E-state index in [1.807, 2.05) is 19.1 Å². The lowest BCUT2D eigenvalue weighted by Gasteiger charge is -2.15. The monoisotopic (exact) mass is 371 g/mol. The zero-order chi connectivity index (χ0) is 15.4. The molecule has 2 rings (SSSR count). The van der Waals surface area contributed by atoms with E-state index in [9.17, 15) is 4.39 Å². The maximum absolute atomic E-state index is 13.8. The van der Waals surface area contributed by atoms with Gasteiger partial charge in [-0.25, -0.2) is 4.39 Å². The molecule has 1 unspecified atom stereocenters. The van der Waals surface area contributed by atoms with Crippen LogP contribution in [0.15, 0.2) is 40.9 Å². The van der Waals surface area contributed by atoms with Gasteiger partial charge < -0.3 is 10.5 Å². The molecule has 0 heterocycles. The van der Waals surface area contributed by atoms with Gasteiger partial charge in [-0.2, -0.15) is 0 Å². The number of nitrogens with two attached hydrogens (primary N) is 1. The third-order valence-electron chi connectivity index (χ3n) is 2.98. The van der Waals surface area contributed by atoms with Crippen LogP contribution in [0, 0.1) is 5.82 Å². The molecule has 0 fully saturated rings. The molecule has 0 aliphatic heterocycles. The lowest BCUT2D eigenvalue weighted by molar-refractivity contribution is 0.296. The van der Waals surface area contributed by atoms with Gasteiger partial charge in [-0.15, -0.1) is 0 Å². The summed E-state index contributed by atoms with van der Waals surface area (Å²) in [6.45, 7) is 2.04. The quantitative estimate of drug-likeness (QED) is 0.825. The highest BCUT2D eigenvalue weighted by Gasteiger charge is 2.11. The molecule has 5 heteroatoms. The number of rotatable bonds is 5. The van der Waals surface area contributed by atoms with Gasteiger partial charge in [0.25, 0.3) is 0 Å². The molecule has 1 atom stereocenters. The molecule has 2 aromatic carbocycles. The molecule has 0 aliphatic rings. The predicted octanol–water partition coefficient (Wildman–Crippen LogP) is 4.71. The molecule has 21 heavy (non-hydrogen) atoms. The zero-order valence-electron chi connectivity index (χ0n) is 11.6. The number of para-hydroxylation sites is 1. The Balaban J connectivity index is 2.19. The van der Waals surface area contributed by atoms with Crippen LogP contribution in [0.4, 0.5) is 4.39 Å². The second-order valence-electron chi connectivity index (χ2n) is 4.93. The summed E-state index contributed by atoms with van der Waals surface area (Å²) in [6, 6.07) is 10.4. The van der Waals surface area contributed by atoms with Gasteiger partial charge in [-0.1, -0.05) is 45.7 Å². The first kappa shape index (κ1) is 16.3. The van der Waals surface area contributed by atoms with E-state index in [1.54, 1.807) is 18.2 Å². The highest BCUT2D eigenvalue weighted by molar-refractivity contribution is 9.10. The number of hydrogen-bond acceptors (Lipinski definition) is 2. The van der Waals surface area contributed by atoms with Gasteiger partial charge in [0.1, 0.15) is 18.2 Å². The Morgan fingerprint density at radius 3 is 2.71 bits per heavy atom. The molecule has 0 saturated carbocycles. The Morgan fingerprint density at radius 1 is 1.29 bits per heavy atom. The summed E-state index contributed by atoms with van der Waals surface area (Å²) in [4.78, 5) is 0. The molecule has 0 aliphatic carbocycles. The molecule has 2 N–H and O–H groups in total. The topological polar surface area (TPSA) is 35.2 Å². The van der Waals surface area contributed by atoms with Crippen molar-refractivity contribution in [3.8, 4) is 5.75 Å². The van der Waals surface area contributed by atoms with E-state index >= 15 is 0 Å². The van der Waals surface area contributed by atoms with Gasteiger partial charge in [-0.3, -0.25) is 0 Å². The summed E-state index contributed by atoms with van der Waals surface area (Å²) in [5, 5.41) is 0.505. The molecule has 2 aromatic rings. The molecule has 0 saturated heterocycles. The maximum atomic E-state index is 13.8. The van der Waals surface area contributed by atoms with Crippen LogP contribution in [0.5, 0.6) is 5.75 Å². The minimum Gasteiger partial charge on any atom is -0.487 e. The summed E-state index contributed by atoms with van der Waals surface area (Å²) in [5.74, 6) is 0.254. The highest BCUT2D eigenvalue weighted by Crippen LogP contribution is 2.30. The van der Waals surface area contributed by atoms with Gasteiger partial charge in [0, 0.05) is 16.1 Å². The fourth-order valence-electron chi connectivity index (χ4n) is 2.01. The lowest BCUT2D eigenvalue weighted by atomic mass is 10.1. The Kier molecular flexibility index (Phi) is 5.62. The predicted molar refractivity (Wildman–Crippen MR) is 87.2 cm³/mol. The van der Waals surface area contributed by atoms with Crippen molar-refractivity contribution in [2.24, 2.45) is 5.73 Å². The van der Waals surface area contributed by atoms with Crippen LogP contribution in [0.25, 0.3) is 0 Å². The molecule has 0 bridgehead atoms. The highest BCUT2D eigenvalue weighted by atomic mass is 79.9. The Hall–Kier alpha value is -1.10. The second-order valence-corrected chi connectivity index (χ2v) is 6.26. The maximum Gasteiger partial charge on any atom is 0.141 e. The smallest absolute Gasteiger partial charge is 0.141 e. The van der Waals surface area contributed by atoms with Crippen LogP contribution < -0.4 is 10.5 Å². The number of halogens is 3. The summed E-state index contributed by atoms with van der Waals surface area (Å²) in [7, 11) is 0.